The van der Waals surface area contributed by atoms with E-state index in [9.17, 15) is 5.11 Å². The molecule has 0 aliphatic heterocycles. The van der Waals surface area contributed by atoms with Crippen molar-refractivity contribution in [1.82, 2.24) is 4.98 Å². The number of hydrogen-bond donors (Lipinski definition) is 1. The molecule has 3 nitrogen and oxygen atoms in total. The van der Waals surface area contributed by atoms with Gasteiger partial charge in [-0.15, -0.1) is 11.3 Å². The van der Waals surface area contributed by atoms with E-state index in [2.05, 4.69) is 20.9 Å². The molecule has 17 heavy (non-hydrogen) atoms. The predicted molar refractivity (Wildman–Crippen MR) is 71.5 cm³/mol. The maximum Gasteiger partial charge on any atom is 0.137 e. The van der Waals surface area contributed by atoms with Gasteiger partial charge in [-0.25, -0.2) is 0 Å². The van der Waals surface area contributed by atoms with Crippen LogP contribution in [0.5, 0.6) is 5.75 Å². The molecule has 0 spiro atoms. The van der Waals surface area contributed by atoms with E-state index in [1.165, 1.54) is 0 Å². The van der Waals surface area contributed by atoms with Crippen molar-refractivity contribution in [3.05, 3.63) is 44.8 Å². The Balaban J connectivity index is 2.24. The van der Waals surface area contributed by atoms with Crippen molar-refractivity contribution in [1.29, 1.82) is 0 Å². The molecule has 90 valence electrons. The van der Waals surface area contributed by atoms with Crippen LogP contribution in [-0.2, 0) is 0 Å². The van der Waals surface area contributed by atoms with Gasteiger partial charge in [0.05, 0.1) is 16.6 Å². The lowest BCUT2D eigenvalue weighted by Crippen LogP contribution is -2.00. The molecular weight excluding hydrogens is 302 g/mol. The zero-order chi connectivity index (χ0) is 12.3. The molecule has 1 atom stereocenters. The largest absolute Gasteiger partial charge is 0.492 e. The summed E-state index contributed by atoms with van der Waals surface area (Å²) in [6, 6.07) is 3.72. The lowest BCUT2D eigenvalue weighted by molar-refractivity contribution is 0.219. The minimum Gasteiger partial charge on any atom is -0.492 e. The summed E-state index contributed by atoms with van der Waals surface area (Å²) in [5, 5.41) is 12.1. The predicted octanol–water partition coefficient (Wildman–Crippen LogP) is 3.39. The maximum absolute atomic E-state index is 10.2. The van der Waals surface area contributed by atoms with E-state index in [0.29, 0.717) is 12.4 Å². The van der Waals surface area contributed by atoms with Gasteiger partial charge in [0.2, 0.25) is 0 Å². The Morgan fingerprint density at radius 2 is 2.24 bits per heavy atom. The van der Waals surface area contributed by atoms with Crippen LogP contribution in [0.3, 0.4) is 0 Å². The number of aliphatic hydroxyl groups excluding tert-OH is 1. The minimum atomic E-state index is -0.662. The van der Waals surface area contributed by atoms with E-state index in [1.807, 2.05) is 24.4 Å². The highest BCUT2D eigenvalue weighted by atomic mass is 79.9. The van der Waals surface area contributed by atoms with Crippen LogP contribution in [0.2, 0.25) is 0 Å². The highest BCUT2D eigenvalue weighted by molar-refractivity contribution is 9.11. The first kappa shape index (κ1) is 12.5. The molecule has 2 heterocycles. The van der Waals surface area contributed by atoms with Crippen LogP contribution < -0.4 is 4.74 Å². The molecular formula is C12H12BrNO2S. The van der Waals surface area contributed by atoms with Crippen LogP contribution in [0.1, 0.15) is 24.2 Å². The molecule has 0 amide bonds. The van der Waals surface area contributed by atoms with Gasteiger partial charge in [0, 0.05) is 11.8 Å². The third kappa shape index (κ3) is 3.06. The highest BCUT2D eigenvalue weighted by Crippen LogP contribution is 2.30. The van der Waals surface area contributed by atoms with Crippen molar-refractivity contribution in [3.63, 3.8) is 0 Å². The topological polar surface area (TPSA) is 42.4 Å². The standard InChI is InChI=1S/C12H12BrNO2S/c1-2-16-10-3-8(5-14-6-10)12(15)9-4-11(13)17-7-9/h3-7,12,15H,2H2,1H3. The Morgan fingerprint density at radius 3 is 2.88 bits per heavy atom. The molecule has 0 saturated carbocycles. The van der Waals surface area contributed by atoms with E-state index >= 15 is 0 Å². The molecule has 2 aromatic rings. The molecule has 0 saturated heterocycles. The average molecular weight is 314 g/mol. The molecule has 0 radical (unpaired) electrons. The molecule has 0 aliphatic carbocycles. The second-order valence-electron chi connectivity index (χ2n) is 3.47. The molecule has 2 aromatic heterocycles. The van der Waals surface area contributed by atoms with E-state index in [-0.39, 0.29) is 0 Å². The smallest absolute Gasteiger partial charge is 0.137 e. The van der Waals surface area contributed by atoms with E-state index in [0.717, 1.165) is 14.9 Å². The zero-order valence-electron chi connectivity index (χ0n) is 9.26. The number of pyridine rings is 1. The Bertz CT molecular complexity index is 501. The number of aromatic nitrogens is 1. The summed E-state index contributed by atoms with van der Waals surface area (Å²) >= 11 is 4.93. The van der Waals surface area contributed by atoms with Gasteiger partial charge in [-0.1, -0.05) is 0 Å². The van der Waals surface area contributed by atoms with Gasteiger partial charge in [-0.3, -0.25) is 4.98 Å². The van der Waals surface area contributed by atoms with Crippen molar-refractivity contribution in [2.45, 2.75) is 13.0 Å². The molecule has 1 unspecified atom stereocenters. The fourth-order valence-corrected chi connectivity index (χ4v) is 2.68. The fourth-order valence-electron chi connectivity index (χ4n) is 1.49. The van der Waals surface area contributed by atoms with E-state index < -0.39 is 6.10 Å². The Kier molecular flexibility index (Phi) is 4.15. The molecule has 5 heteroatoms. The maximum atomic E-state index is 10.2. The minimum absolute atomic E-state index is 0.589. The van der Waals surface area contributed by atoms with E-state index in [1.54, 1.807) is 23.7 Å². The van der Waals surface area contributed by atoms with Gasteiger partial charge in [0.1, 0.15) is 11.9 Å². The highest BCUT2D eigenvalue weighted by Gasteiger charge is 2.13. The monoisotopic (exact) mass is 313 g/mol. The fraction of sp³-hybridized carbons (Fsp3) is 0.250. The summed E-state index contributed by atoms with van der Waals surface area (Å²) < 4.78 is 6.36. The zero-order valence-corrected chi connectivity index (χ0v) is 11.7. The van der Waals surface area contributed by atoms with Crippen LogP contribution >= 0.6 is 27.3 Å². The van der Waals surface area contributed by atoms with Crippen molar-refractivity contribution >= 4 is 27.3 Å². The molecule has 1 N–H and O–H groups in total. The number of halogens is 1. The summed E-state index contributed by atoms with van der Waals surface area (Å²) in [5.41, 5.74) is 1.60. The quantitative estimate of drug-likeness (QED) is 0.940. The van der Waals surface area contributed by atoms with Crippen LogP contribution in [0, 0.1) is 0 Å². The molecule has 0 bridgehead atoms. The van der Waals surface area contributed by atoms with Crippen molar-refractivity contribution in [2.75, 3.05) is 6.61 Å². The lowest BCUT2D eigenvalue weighted by Gasteiger charge is -2.10. The van der Waals surface area contributed by atoms with Crippen LogP contribution in [-0.4, -0.2) is 16.7 Å². The lowest BCUT2D eigenvalue weighted by atomic mass is 10.1. The van der Waals surface area contributed by atoms with Crippen LogP contribution in [0.15, 0.2) is 33.7 Å². The molecule has 2 rings (SSSR count). The number of aliphatic hydroxyl groups is 1. The van der Waals surface area contributed by atoms with Gasteiger partial charge in [0.25, 0.3) is 0 Å². The Labute approximate surface area is 112 Å². The second kappa shape index (κ2) is 5.62. The third-order valence-corrected chi connectivity index (χ3v) is 3.79. The van der Waals surface area contributed by atoms with Crippen molar-refractivity contribution in [3.8, 4) is 5.75 Å². The van der Waals surface area contributed by atoms with Crippen molar-refractivity contribution < 1.29 is 9.84 Å². The first-order valence-corrected chi connectivity index (χ1v) is 6.87. The van der Waals surface area contributed by atoms with Gasteiger partial charge < -0.3 is 9.84 Å². The molecule has 0 aliphatic rings. The SMILES string of the molecule is CCOc1cncc(C(O)c2csc(Br)c2)c1. The van der Waals surface area contributed by atoms with Crippen molar-refractivity contribution in [2.24, 2.45) is 0 Å². The number of ether oxygens (including phenoxy) is 1. The van der Waals surface area contributed by atoms with Gasteiger partial charge in [-0.2, -0.15) is 0 Å². The second-order valence-corrected chi connectivity index (χ2v) is 5.76. The average Bonchev–Trinajstić information content (AvgIpc) is 2.76. The molecule has 0 fully saturated rings. The van der Waals surface area contributed by atoms with Gasteiger partial charge >= 0.3 is 0 Å². The van der Waals surface area contributed by atoms with Crippen LogP contribution in [0.4, 0.5) is 0 Å². The summed E-state index contributed by atoms with van der Waals surface area (Å²) in [6.07, 6.45) is 2.63. The van der Waals surface area contributed by atoms with E-state index in [4.69, 9.17) is 4.74 Å². The van der Waals surface area contributed by atoms with Gasteiger partial charge in [0.15, 0.2) is 0 Å². The summed E-state index contributed by atoms with van der Waals surface area (Å²) in [7, 11) is 0. The number of thiophene rings is 1. The van der Waals surface area contributed by atoms with Crippen LogP contribution in [0.25, 0.3) is 0 Å². The first-order valence-electron chi connectivity index (χ1n) is 5.20. The normalized spacial score (nSPS) is 12.4. The summed E-state index contributed by atoms with van der Waals surface area (Å²) in [5.74, 6) is 0.679. The first-order chi connectivity index (χ1) is 8.20. The Hall–Kier alpha value is -0.910. The molecule has 0 aromatic carbocycles. The number of rotatable bonds is 4. The third-order valence-electron chi connectivity index (χ3n) is 2.26. The summed E-state index contributed by atoms with van der Waals surface area (Å²) in [4.78, 5) is 4.06. The Morgan fingerprint density at radius 1 is 1.41 bits per heavy atom. The summed E-state index contributed by atoms with van der Waals surface area (Å²) in [6.45, 7) is 2.50. The number of nitrogens with zero attached hydrogens (tertiary/aromatic N) is 1. The van der Waals surface area contributed by atoms with Gasteiger partial charge in [-0.05, 0) is 45.9 Å². The number of hydrogen-bond acceptors (Lipinski definition) is 4.